The van der Waals surface area contributed by atoms with E-state index in [9.17, 15) is 13.2 Å². The summed E-state index contributed by atoms with van der Waals surface area (Å²) in [5, 5.41) is 11.3. The molecule has 2 aromatic rings. The number of nitrogens with one attached hydrogen (secondary N) is 1. The average Bonchev–Trinajstić information content (AvgIpc) is 2.73. The first-order valence-corrected chi connectivity index (χ1v) is 5.30. The molecule has 3 N–H and O–H groups in total. The third-order valence-electron chi connectivity index (χ3n) is 2.22. The number of nitrogens with zero attached hydrogens (tertiary/aromatic N) is 3. The molecule has 2 heterocycles. The fourth-order valence-electron chi connectivity index (χ4n) is 1.41. The van der Waals surface area contributed by atoms with Crippen molar-refractivity contribution in [3.8, 4) is 5.82 Å². The predicted molar refractivity (Wildman–Crippen MR) is 62.4 cm³/mol. The maximum Gasteiger partial charge on any atom is 0.433 e. The molecule has 2 aromatic heterocycles. The van der Waals surface area contributed by atoms with E-state index < -0.39 is 17.7 Å². The Labute approximate surface area is 110 Å². The summed E-state index contributed by atoms with van der Waals surface area (Å²) in [5.74, 6) is -0.614. The average molecular weight is 290 g/mol. The van der Waals surface area contributed by atoms with Gasteiger partial charge in [0.15, 0.2) is 5.82 Å². The Balaban J connectivity index is 2.64. The zero-order chi connectivity index (χ0) is 14.2. The normalized spacial score (nSPS) is 11.6. The first kappa shape index (κ1) is 13.3. The van der Waals surface area contributed by atoms with Gasteiger partial charge in [-0.15, -0.1) is 0 Å². The van der Waals surface area contributed by atoms with Gasteiger partial charge in [0.05, 0.1) is 23.0 Å². The Kier molecular flexibility index (Phi) is 3.19. The number of amidine groups is 1. The second-order valence-corrected chi connectivity index (χ2v) is 4.02. The topological polar surface area (TPSA) is 80.6 Å². The van der Waals surface area contributed by atoms with Crippen LogP contribution < -0.4 is 5.73 Å². The molecule has 2 rings (SSSR count). The summed E-state index contributed by atoms with van der Waals surface area (Å²) in [7, 11) is 0. The van der Waals surface area contributed by atoms with Gasteiger partial charge in [-0.05, 0) is 12.1 Å². The number of hydrogen-bond donors (Lipinski definition) is 2. The molecule has 0 aliphatic rings. The van der Waals surface area contributed by atoms with Gasteiger partial charge >= 0.3 is 6.18 Å². The van der Waals surface area contributed by atoms with Gasteiger partial charge in [0.2, 0.25) is 0 Å². The van der Waals surface area contributed by atoms with Crippen molar-refractivity contribution < 1.29 is 13.2 Å². The van der Waals surface area contributed by atoms with Crippen LogP contribution in [-0.4, -0.2) is 20.6 Å². The summed E-state index contributed by atoms with van der Waals surface area (Å²) < 4.78 is 38.9. The van der Waals surface area contributed by atoms with Crippen molar-refractivity contribution in [1.29, 1.82) is 5.41 Å². The number of alkyl halides is 3. The van der Waals surface area contributed by atoms with E-state index in [1.165, 1.54) is 12.4 Å². The molecule has 0 fully saturated rings. The fraction of sp³-hybridized carbons (Fsp3) is 0.100. The SMILES string of the molecule is N=C(N)c1ccc(C(F)(F)F)nc1-n1cc(Cl)cn1. The van der Waals surface area contributed by atoms with Gasteiger partial charge in [-0.25, -0.2) is 9.67 Å². The lowest BCUT2D eigenvalue weighted by Crippen LogP contribution is -2.19. The van der Waals surface area contributed by atoms with Crippen molar-refractivity contribution in [3.63, 3.8) is 0 Å². The molecule has 0 bridgehead atoms. The Morgan fingerprint density at radius 1 is 1.37 bits per heavy atom. The third-order valence-corrected chi connectivity index (χ3v) is 2.42. The van der Waals surface area contributed by atoms with Crippen LogP contribution in [0, 0.1) is 5.41 Å². The highest BCUT2D eigenvalue weighted by Gasteiger charge is 2.33. The molecule has 9 heteroatoms. The molecule has 0 aliphatic carbocycles. The lowest BCUT2D eigenvalue weighted by atomic mass is 10.2. The summed E-state index contributed by atoms with van der Waals surface area (Å²) in [6.45, 7) is 0. The van der Waals surface area contributed by atoms with E-state index >= 15 is 0 Å². The molecule has 0 radical (unpaired) electrons. The van der Waals surface area contributed by atoms with Crippen LogP contribution in [0.5, 0.6) is 0 Å². The zero-order valence-corrected chi connectivity index (χ0v) is 10.00. The number of nitrogen functional groups attached to an aromatic ring is 1. The molecule has 19 heavy (non-hydrogen) atoms. The second kappa shape index (κ2) is 4.54. The van der Waals surface area contributed by atoms with Gasteiger partial charge in [0, 0.05) is 0 Å². The minimum absolute atomic E-state index is 0.0350. The molecular weight excluding hydrogens is 283 g/mol. The van der Waals surface area contributed by atoms with E-state index in [-0.39, 0.29) is 16.4 Å². The van der Waals surface area contributed by atoms with Crippen LogP contribution in [0.4, 0.5) is 13.2 Å². The second-order valence-electron chi connectivity index (χ2n) is 3.58. The van der Waals surface area contributed by atoms with Crippen LogP contribution in [0.15, 0.2) is 24.5 Å². The summed E-state index contributed by atoms with van der Waals surface area (Å²) in [5.41, 5.74) is 4.24. The van der Waals surface area contributed by atoms with Crippen molar-refractivity contribution in [1.82, 2.24) is 14.8 Å². The molecule has 0 atom stereocenters. The molecular formula is C10H7ClF3N5. The largest absolute Gasteiger partial charge is 0.433 e. The van der Waals surface area contributed by atoms with Crippen LogP contribution in [0.3, 0.4) is 0 Å². The predicted octanol–water partition coefficient (Wildman–Crippen LogP) is 2.22. The summed E-state index contributed by atoms with van der Waals surface area (Å²) >= 11 is 5.65. The van der Waals surface area contributed by atoms with Crippen molar-refractivity contribution >= 4 is 17.4 Å². The van der Waals surface area contributed by atoms with Crippen molar-refractivity contribution in [2.45, 2.75) is 6.18 Å². The molecule has 100 valence electrons. The van der Waals surface area contributed by atoms with Gasteiger partial charge in [-0.3, -0.25) is 5.41 Å². The highest BCUT2D eigenvalue weighted by Crippen LogP contribution is 2.29. The van der Waals surface area contributed by atoms with E-state index in [1.807, 2.05) is 0 Å². The van der Waals surface area contributed by atoms with Crippen molar-refractivity contribution in [2.24, 2.45) is 5.73 Å². The molecule has 0 aromatic carbocycles. The Morgan fingerprint density at radius 3 is 2.53 bits per heavy atom. The highest BCUT2D eigenvalue weighted by molar-refractivity contribution is 6.30. The Bertz CT molecular complexity index is 634. The molecule has 0 spiro atoms. The minimum Gasteiger partial charge on any atom is -0.384 e. The van der Waals surface area contributed by atoms with Crippen molar-refractivity contribution in [3.05, 3.63) is 40.8 Å². The van der Waals surface area contributed by atoms with Crippen LogP contribution in [-0.2, 0) is 6.18 Å². The molecule has 0 unspecified atom stereocenters. The lowest BCUT2D eigenvalue weighted by molar-refractivity contribution is -0.141. The minimum atomic E-state index is -4.60. The van der Waals surface area contributed by atoms with Gasteiger partial charge < -0.3 is 5.73 Å². The smallest absolute Gasteiger partial charge is 0.384 e. The van der Waals surface area contributed by atoms with Crippen molar-refractivity contribution in [2.75, 3.05) is 0 Å². The van der Waals surface area contributed by atoms with Crippen LogP contribution >= 0.6 is 11.6 Å². The molecule has 0 saturated carbocycles. The number of nitrogens with two attached hydrogens (primary N) is 1. The Hall–Kier alpha value is -2.09. The quantitative estimate of drug-likeness (QED) is 0.657. The number of pyridine rings is 1. The molecule has 0 saturated heterocycles. The van der Waals surface area contributed by atoms with Gasteiger partial charge in [0.1, 0.15) is 11.5 Å². The maximum atomic E-state index is 12.6. The van der Waals surface area contributed by atoms with Crippen LogP contribution in [0.2, 0.25) is 5.02 Å². The van der Waals surface area contributed by atoms with Gasteiger partial charge in [0.25, 0.3) is 0 Å². The third kappa shape index (κ3) is 2.68. The van der Waals surface area contributed by atoms with E-state index in [0.29, 0.717) is 0 Å². The summed E-state index contributed by atoms with van der Waals surface area (Å²) in [4.78, 5) is 3.44. The molecule has 5 nitrogen and oxygen atoms in total. The van der Waals surface area contributed by atoms with E-state index in [2.05, 4.69) is 10.1 Å². The van der Waals surface area contributed by atoms with Crippen LogP contribution in [0.1, 0.15) is 11.3 Å². The standard InChI is InChI=1S/C10H7ClF3N5/c11-5-3-17-19(4-5)9-6(8(15)16)1-2-7(18-9)10(12,13)14/h1-4H,(H3,15,16). The highest BCUT2D eigenvalue weighted by atomic mass is 35.5. The Morgan fingerprint density at radius 2 is 2.05 bits per heavy atom. The fourth-order valence-corrected chi connectivity index (χ4v) is 1.54. The van der Waals surface area contributed by atoms with E-state index in [4.69, 9.17) is 22.7 Å². The maximum absolute atomic E-state index is 12.6. The number of aromatic nitrogens is 3. The summed E-state index contributed by atoms with van der Waals surface area (Å²) in [6.07, 6.45) is -2.08. The number of hydrogen-bond acceptors (Lipinski definition) is 3. The van der Waals surface area contributed by atoms with E-state index in [1.54, 1.807) is 0 Å². The lowest BCUT2D eigenvalue weighted by Gasteiger charge is -2.11. The monoisotopic (exact) mass is 289 g/mol. The molecule has 0 amide bonds. The number of rotatable bonds is 2. The number of halogens is 4. The first-order valence-electron chi connectivity index (χ1n) is 4.92. The zero-order valence-electron chi connectivity index (χ0n) is 9.24. The molecule has 0 aliphatic heterocycles. The van der Waals surface area contributed by atoms with E-state index in [0.717, 1.165) is 16.8 Å². The first-order chi connectivity index (χ1) is 8.79. The van der Waals surface area contributed by atoms with Crippen LogP contribution in [0.25, 0.3) is 5.82 Å². The van der Waals surface area contributed by atoms with Gasteiger partial charge in [-0.1, -0.05) is 11.6 Å². The van der Waals surface area contributed by atoms with Gasteiger partial charge in [-0.2, -0.15) is 18.3 Å². The summed E-state index contributed by atoms with van der Waals surface area (Å²) in [6, 6.07) is 1.83.